The summed E-state index contributed by atoms with van der Waals surface area (Å²) in [5.41, 5.74) is 4.95. The number of nitrogens with one attached hydrogen (secondary N) is 1. The van der Waals surface area contributed by atoms with Crippen molar-refractivity contribution >= 4 is 11.5 Å². The Hall–Kier alpha value is -1.12. The molecule has 0 saturated heterocycles. The van der Waals surface area contributed by atoms with Crippen LogP contribution in [0.3, 0.4) is 0 Å². The highest BCUT2D eigenvalue weighted by Gasteiger charge is 2.45. The standard InChI is InChI=1S/C12H18N2O/c1-7(2)11-10-8(13-14-11)5-12(3,4)6-9(10)15/h8,10,13H,1,5-6H2,2-4H3. The van der Waals surface area contributed by atoms with Crippen molar-refractivity contribution in [1.29, 1.82) is 0 Å². The molecule has 3 heteroatoms. The van der Waals surface area contributed by atoms with Crippen LogP contribution >= 0.6 is 0 Å². The van der Waals surface area contributed by atoms with E-state index in [1.165, 1.54) is 0 Å². The average molecular weight is 206 g/mol. The monoisotopic (exact) mass is 206 g/mol. The lowest BCUT2D eigenvalue weighted by molar-refractivity contribution is -0.126. The summed E-state index contributed by atoms with van der Waals surface area (Å²) in [4.78, 5) is 12.0. The van der Waals surface area contributed by atoms with E-state index in [0.29, 0.717) is 12.2 Å². The van der Waals surface area contributed by atoms with E-state index in [0.717, 1.165) is 17.7 Å². The van der Waals surface area contributed by atoms with Crippen LogP contribution in [0, 0.1) is 11.3 Å². The SMILES string of the molecule is C=C(C)C1=NNC2CC(C)(C)CC(=O)C12. The van der Waals surface area contributed by atoms with Gasteiger partial charge in [0.15, 0.2) is 0 Å². The molecule has 0 aromatic carbocycles. The first-order valence-electron chi connectivity index (χ1n) is 5.42. The van der Waals surface area contributed by atoms with E-state index in [9.17, 15) is 4.79 Å². The molecular weight excluding hydrogens is 188 g/mol. The smallest absolute Gasteiger partial charge is 0.144 e. The molecule has 1 heterocycles. The number of fused-ring (bicyclic) bond motifs is 1. The fourth-order valence-electron chi connectivity index (χ4n) is 2.64. The largest absolute Gasteiger partial charge is 0.306 e. The van der Waals surface area contributed by atoms with E-state index < -0.39 is 0 Å². The summed E-state index contributed by atoms with van der Waals surface area (Å²) in [6, 6.07) is 0.188. The number of carbonyl (C=O) groups excluding carboxylic acids is 1. The van der Waals surface area contributed by atoms with Gasteiger partial charge < -0.3 is 5.43 Å². The lowest BCUT2D eigenvalue weighted by Crippen LogP contribution is -2.45. The van der Waals surface area contributed by atoms with Crippen LogP contribution in [0.5, 0.6) is 0 Å². The predicted octanol–water partition coefficient (Wildman–Crippen LogP) is 1.90. The topological polar surface area (TPSA) is 41.5 Å². The highest BCUT2D eigenvalue weighted by atomic mass is 16.1. The zero-order valence-electron chi connectivity index (χ0n) is 9.63. The third kappa shape index (κ3) is 1.71. The van der Waals surface area contributed by atoms with E-state index in [1.54, 1.807) is 0 Å². The van der Waals surface area contributed by atoms with Crippen molar-refractivity contribution in [2.75, 3.05) is 0 Å². The Morgan fingerprint density at radius 3 is 2.87 bits per heavy atom. The first-order valence-corrected chi connectivity index (χ1v) is 5.42. The maximum Gasteiger partial charge on any atom is 0.144 e. The van der Waals surface area contributed by atoms with Crippen molar-refractivity contribution in [2.24, 2.45) is 16.4 Å². The Morgan fingerprint density at radius 1 is 1.60 bits per heavy atom. The van der Waals surface area contributed by atoms with Crippen LogP contribution < -0.4 is 5.43 Å². The molecular formula is C12H18N2O. The fourth-order valence-corrected chi connectivity index (χ4v) is 2.64. The fraction of sp³-hybridized carbons (Fsp3) is 0.667. The number of Topliss-reactive ketones (excluding diaryl/α,β-unsaturated/α-hetero) is 1. The number of carbonyl (C=O) groups is 1. The highest BCUT2D eigenvalue weighted by molar-refractivity contribution is 6.14. The van der Waals surface area contributed by atoms with Crippen LogP contribution in [0.15, 0.2) is 17.3 Å². The molecule has 1 aliphatic heterocycles. The van der Waals surface area contributed by atoms with Gasteiger partial charge in [-0.15, -0.1) is 0 Å². The van der Waals surface area contributed by atoms with Gasteiger partial charge in [-0.05, 0) is 24.3 Å². The van der Waals surface area contributed by atoms with Crippen molar-refractivity contribution in [3.8, 4) is 0 Å². The number of allylic oxidation sites excluding steroid dienone is 1. The summed E-state index contributed by atoms with van der Waals surface area (Å²) in [6.45, 7) is 10.1. The lowest BCUT2D eigenvalue weighted by atomic mass is 9.68. The Kier molecular flexibility index (Phi) is 2.21. The summed E-state index contributed by atoms with van der Waals surface area (Å²) in [5.74, 6) is 0.263. The summed E-state index contributed by atoms with van der Waals surface area (Å²) >= 11 is 0. The van der Waals surface area contributed by atoms with Gasteiger partial charge in [-0.1, -0.05) is 20.4 Å². The molecule has 1 fully saturated rings. The maximum absolute atomic E-state index is 12.0. The van der Waals surface area contributed by atoms with Crippen molar-refractivity contribution in [3.63, 3.8) is 0 Å². The van der Waals surface area contributed by atoms with Gasteiger partial charge in [0.05, 0.1) is 17.7 Å². The average Bonchev–Trinajstić information content (AvgIpc) is 2.45. The van der Waals surface area contributed by atoms with Crippen LogP contribution in [0.4, 0.5) is 0 Å². The van der Waals surface area contributed by atoms with Gasteiger partial charge in [0.25, 0.3) is 0 Å². The van der Waals surface area contributed by atoms with Gasteiger partial charge in [0.1, 0.15) is 5.78 Å². The Bertz CT molecular complexity index is 355. The number of hydrazone groups is 1. The Labute approximate surface area is 90.6 Å². The molecule has 2 rings (SSSR count). The molecule has 1 aliphatic carbocycles. The second-order valence-electron chi connectivity index (χ2n) is 5.50. The van der Waals surface area contributed by atoms with Crippen LogP contribution in [0.1, 0.15) is 33.6 Å². The molecule has 0 aromatic heterocycles. The van der Waals surface area contributed by atoms with E-state index >= 15 is 0 Å². The second-order valence-corrected chi connectivity index (χ2v) is 5.50. The summed E-state index contributed by atoms with van der Waals surface area (Å²) in [6.07, 6.45) is 1.66. The molecule has 0 aromatic rings. The molecule has 1 saturated carbocycles. The molecule has 2 atom stereocenters. The Morgan fingerprint density at radius 2 is 2.27 bits per heavy atom. The van der Waals surface area contributed by atoms with Crippen LogP contribution in [0.2, 0.25) is 0 Å². The van der Waals surface area contributed by atoms with Crippen LogP contribution in [0.25, 0.3) is 0 Å². The van der Waals surface area contributed by atoms with E-state index in [1.807, 2.05) is 6.92 Å². The summed E-state index contributed by atoms with van der Waals surface area (Å²) in [7, 11) is 0. The van der Waals surface area contributed by atoms with Gasteiger partial charge in [-0.2, -0.15) is 5.10 Å². The third-order valence-corrected chi connectivity index (χ3v) is 3.26. The second kappa shape index (κ2) is 3.19. The molecule has 3 nitrogen and oxygen atoms in total. The lowest BCUT2D eigenvalue weighted by Gasteiger charge is -2.36. The van der Waals surface area contributed by atoms with E-state index in [4.69, 9.17) is 0 Å². The molecule has 82 valence electrons. The van der Waals surface area contributed by atoms with Crippen molar-refractivity contribution in [2.45, 2.75) is 39.7 Å². The molecule has 0 radical (unpaired) electrons. The minimum atomic E-state index is -0.0458. The number of nitrogens with zero attached hydrogens (tertiary/aromatic N) is 1. The number of hydrogen-bond donors (Lipinski definition) is 1. The van der Waals surface area contributed by atoms with E-state index in [2.05, 4.69) is 31.0 Å². The molecule has 1 N–H and O–H groups in total. The molecule has 0 amide bonds. The van der Waals surface area contributed by atoms with Crippen LogP contribution in [-0.2, 0) is 4.79 Å². The van der Waals surface area contributed by atoms with Gasteiger partial charge in [0.2, 0.25) is 0 Å². The minimum Gasteiger partial charge on any atom is -0.306 e. The van der Waals surface area contributed by atoms with Gasteiger partial charge >= 0.3 is 0 Å². The van der Waals surface area contributed by atoms with E-state index in [-0.39, 0.29) is 17.4 Å². The van der Waals surface area contributed by atoms with Crippen molar-refractivity contribution < 1.29 is 4.79 Å². The number of hydrogen-bond acceptors (Lipinski definition) is 3. The molecule has 2 aliphatic rings. The normalized spacial score (nSPS) is 33.0. The van der Waals surface area contributed by atoms with Crippen LogP contribution in [-0.4, -0.2) is 17.5 Å². The number of ketones is 1. The van der Waals surface area contributed by atoms with Crippen molar-refractivity contribution in [1.82, 2.24) is 5.43 Å². The Balaban J connectivity index is 2.25. The molecule has 2 unspecified atom stereocenters. The summed E-state index contributed by atoms with van der Waals surface area (Å²) in [5, 5.41) is 4.24. The molecule has 15 heavy (non-hydrogen) atoms. The van der Waals surface area contributed by atoms with Gasteiger partial charge in [-0.3, -0.25) is 4.79 Å². The predicted molar refractivity (Wildman–Crippen MR) is 60.7 cm³/mol. The van der Waals surface area contributed by atoms with Gasteiger partial charge in [-0.25, -0.2) is 0 Å². The third-order valence-electron chi connectivity index (χ3n) is 3.26. The zero-order chi connectivity index (χ0) is 11.2. The maximum atomic E-state index is 12.0. The molecule has 0 bridgehead atoms. The molecule has 0 spiro atoms. The minimum absolute atomic E-state index is 0.0458. The van der Waals surface area contributed by atoms with Crippen molar-refractivity contribution in [3.05, 3.63) is 12.2 Å². The first-order chi connectivity index (χ1) is 6.91. The quantitative estimate of drug-likeness (QED) is 0.712. The zero-order valence-corrected chi connectivity index (χ0v) is 9.63. The summed E-state index contributed by atoms with van der Waals surface area (Å²) < 4.78 is 0. The number of rotatable bonds is 1. The highest BCUT2D eigenvalue weighted by Crippen LogP contribution is 2.39. The first kappa shape index (κ1) is 10.4. The van der Waals surface area contributed by atoms with Gasteiger partial charge in [0, 0.05) is 6.42 Å².